The van der Waals surface area contributed by atoms with Gasteiger partial charge in [0, 0.05) is 24.2 Å². The van der Waals surface area contributed by atoms with Crippen LogP contribution in [-0.2, 0) is 24.8 Å². The molecule has 8 nitrogen and oxygen atoms in total. The quantitative estimate of drug-likeness (QED) is 0.343. The van der Waals surface area contributed by atoms with Crippen molar-refractivity contribution in [2.45, 2.75) is 11.9 Å². The Kier molecular flexibility index (Phi) is 9.16. The lowest BCUT2D eigenvalue weighted by molar-refractivity contribution is -0.159. The lowest BCUT2D eigenvalue weighted by atomic mass is 9.97. The number of nitrogens with one attached hydrogen (secondary N) is 1. The van der Waals surface area contributed by atoms with Crippen LogP contribution in [-0.4, -0.2) is 54.6 Å². The summed E-state index contributed by atoms with van der Waals surface area (Å²) in [6, 6.07) is 30.1. The van der Waals surface area contributed by atoms with Crippen molar-refractivity contribution in [1.29, 1.82) is 0 Å². The van der Waals surface area contributed by atoms with Gasteiger partial charge in [0.15, 0.2) is 0 Å². The van der Waals surface area contributed by atoms with Gasteiger partial charge in [0.05, 0.1) is 12.7 Å². The first-order valence-corrected chi connectivity index (χ1v) is 10.8. The predicted molar refractivity (Wildman–Crippen MR) is 125 cm³/mol. The van der Waals surface area contributed by atoms with Crippen LogP contribution in [0.1, 0.15) is 11.1 Å². The van der Waals surface area contributed by atoms with Crippen molar-refractivity contribution in [3.63, 3.8) is 0 Å². The predicted octanol–water partition coefficient (Wildman–Crippen LogP) is 3.13. The van der Waals surface area contributed by atoms with E-state index in [4.69, 9.17) is 34.0 Å². The van der Waals surface area contributed by atoms with Crippen LogP contribution in [0.4, 0.5) is 0 Å². The number of benzene rings is 3. The van der Waals surface area contributed by atoms with Gasteiger partial charge in [-0.2, -0.15) is 0 Å². The molecule has 0 amide bonds. The summed E-state index contributed by atoms with van der Waals surface area (Å²) in [5.74, 6) is -3.61. The van der Waals surface area contributed by atoms with E-state index in [0.29, 0.717) is 19.8 Å². The average molecular weight is 466 g/mol. The molecule has 1 heterocycles. The molecule has 1 saturated heterocycles. The molecule has 0 aliphatic carbocycles. The number of hydrogen-bond donors (Lipinski definition) is 3. The van der Waals surface area contributed by atoms with Crippen LogP contribution < -0.4 is 10.1 Å². The Balaban J connectivity index is 0.000000481. The maximum absolute atomic E-state index is 9.10. The maximum Gasteiger partial charge on any atom is 0.414 e. The standard InChI is InChI=1S/C24H25NO3.C2H2O4/c1-4-10-20(11-5-1)24(21-12-6-2-7-13-21)27-19-23(28-24)18-25-16-17-26-22-14-8-3-9-15-22;3-1(4)2(5)6/h1-15,23,25H,16-19H2;(H,3,4)(H,5,6)/t23-;/m0./s1. The summed E-state index contributed by atoms with van der Waals surface area (Å²) in [7, 11) is 0. The highest BCUT2D eigenvalue weighted by Crippen LogP contribution is 2.40. The van der Waals surface area contributed by atoms with Crippen molar-refractivity contribution in [1.82, 2.24) is 5.32 Å². The molecule has 1 atom stereocenters. The highest BCUT2D eigenvalue weighted by molar-refractivity contribution is 6.27. The fraction of sp³-hybridized carbons (Fsp3) is 0.231. The number of carboxylic acid groups (broad SMARTS) is 2. The highest BCUT2D eigenvalue weighted by Gasteiger charge is 2.44. The zero-order valence-corrected chi connectivity index (χ0v) is 18.5. The van der Waals surface area contributed by atoms with Crippen LogP contribution in [0, 0.1) is 0 Å². The molecule has 34 heavy (non-hydrogen) atoms. The monoisotopic (exact) mass is 465 g/mol. The van der Waals surface area contributed by atoms with Crippen molar-refractivity contribution in [2.75, 3.05) is 26.3 Å². The van der Waals surface area contributed by atoms with Crippen molar-refractivity contribution >= 4 is 11.9 Å². The minimum atomic E-state index is -1.82. The van der Waals surface area contributed by atoms with E-state index >= 15 is 0 Å². The van der Waals surface area contributed by atoms with Crippen LogP contribution in [0.15, 0.2) is 91.0 Å². The fourth-order valence-electron chi connectivity index (χ4n) is 3.42. The van der Waals surface area contributed by atoms with Gasteiger partial charge < -0.3 is 29.7 Å². The second-order valence-electron chi connectivity index (χ2n) is 7.38. The molecule has 3 aromatic carbocycles. The first kappa shape index (κ1) is 24.9. The summed E-state index contributed by atoms with van der Waals surface area (Å²) in [4.78, 5) is 18.2. The van der Waals surface area contributed by atoms with Gasteiger partial charge in [0.1, 0.15) is 12.4 Å². The number of carbonyl (C=O) groups is 2. The smallest absolute Gasteiger partial charge is 0.414 e. The summed E-state index contributed by atoms with van der Waals surface area (Å²) in [5, 5.41) is 18.2. The van der Waals surface area contributed by atoms with Crippen molar-refractivity contribution < 1.29 is 34.0 Å². The van der Waals surface area contributed by atoms with E-state index in [9.17, 15) is 0 Å². The molecule has 1 aliphatic rings. The van der Waals surface area contributed by atoms with Gasteiger partial charge in [-0.3, -0.25) is 0 Å². The minimum absolute atomic E-state index is 0.0304. The SMILES string of the molecule is O=C(O)C(=O)O.c1ccc(OCCNC[C@H]2COC(c3ccccc3)(c3ccccc3)O2)cc1. The number of hydrogen-bond acceptors (Lipinski definition) is 6. The molecule has 3 aromatic rings. The van der Waals surface area contributed by atoms with E-state index in [1.807, 2.05) is 66.7 Å². The Bertz CT molecular complexity index is 977. The Morgan fingerprint density at radius 3 is 1.85 bits per heavy atom. The molecule has 1 fully saturated rings. The third-order valence-electron chi connectivity index (χ3n) is 4.96. The molecule has 178 valence electrons. The summed E-state index contributed by atoms with van der Waals surface area (Å²) >= 11 is 0. The van der Waals surface area contributed by atoms with Gasteiger partial charge in [-0.25, -0.2) is 9.59 Å². The summed E-state index contributed by atoms with van der Waals surface area (Å²) < 4.78 is 18.4. The van der Waals surface area contributed by atoms with E-state index in [1.54, 1.807) is 0 Å². The van der Waals surface area contributed by atoms with E-state index in [2.05, 4.69) is 29.6 Å². The first-order chi connectivity index (χ1) is 16.5. The molecule has 0 unspecified atom stereocenters. The van der Waals surface area contributed by atoms with Crippen LogP contribution >= 0.6 is 0 Å². The Morgan fingerprint density at radius 1 is 0.853 bits per heavy atom. The molecule has 1 aliphatic heterocycles. The van der Waals surface area contributed by atoms with Crippen molar-refractivity contribution in [3.05, 3.63) is 102 Å². The maximum atomic E-state index is 9.10. The second-order valence-corrected chi connectivity index (χ2v) is 7.38. The highest BCUT2D eigenvalue weighted by atomic mass is 16.7. The molecule has 0 bridgehead atoms. The van der Waals surface area contributed by atoms with E-state index in [-0.39, 0.29) is 6.10 Å². The van der Waals surface area contributed by atoms with Crippen molar-refractivity contribution in [3.8, 4) is 5.75 Å². The van der Waals surface area contributed by atoms with Crippen LogP contribution in [0.2, 0.25) is 0 Å². The zero-order valence-electron chi connectivity index (χ0n) is 18.5. The summed E-state index contributed by atoms with van der Waals surface area (Å²) in [6.45, 7) is 2.61. The lowest BCUT2D eigenvalue weighted by Crippen LogP contribution is -2.34. The number of aliphatic carboxylic acids is 2. The normalized spacial score (nSPS) is 16.2. The number of ether oxygens (including phenoxy) is 3. The second kappa shape index (κ2) is 12.5. The first-order valence-electron chi connectivity index (χ1n) is 10.8. The summed E-state index contributed by atoms with van der Waals surface area (Å²) in [5.41, 5.74) is 2.02. The van der Waals surface area contributed by atoms with Gasteiger partial charge in [0.25, 0.3) is 0 Å². The average Bonchev–Trinajstić information content (AvgIpc) is 3.31. The number of carboxylic acids is 2. The fourth-order valence-corrected chi connectivity index (χ4v) is 3.42. The van der Waals surface area contributed by atoms with Crippen LogP contribution in [0.5, 0.6) is 5.75 Å². The largest absolute Gasteiger partial charge is 0.492 e. The van der Waals surface area contributed by atoms with Crippen molar-refractivity contribution in [2.24, 2.45) is 0 Å². The van der Waals surface area contributed by atoms with Gasteiger partial charge >= 0.3 is 11.9 Å². The molecule has 0 saturated carbocycles. The number of rotatable bonds is 8. The zero-order chi connectivity index (χ0) is 24.2. The molecular formula is C26H27NO7. The third kappa shape index (κ3) is 6.89. The van der Waals surface area contributed by atoms with E-state index in [0.717, 1.165) is 23.4 Å². The van der Waals surface area contributed by atoms with E-state index in [1.165, 1.54) is 0 Å². The van der Waals surface area contributed by atoms with Gasteiger partial charge in [-0.1, -0.05) is 78.9 Å². The summed E-state index contributed by atoms with van der Waals surface area (Å²) in [6.07, 6.45) is -0.0304. The lowest BCUT2D eigenvalue weighted by Gasteiger charge is -2.29. The molecule has 8 heteroatoms. The Labute approximate surface area is 197 Å². The van der Waals surface area contributed by atoms with Crippen LogP contribution in [0.25, 0.3) is 0 Å². The Morgan fingerprint density at radius 2 is 1.35 bits per heavy atom. The number of para-hydroxylation sites is 1. The molecule has 4 rings (SSSR count). The third-order valence-corrected chi connectivity index (χ3v) is 4.96. The topological polar surface area (TPSA) is 114 Å². The molecule has 0 aromatic heterocycles. The van der Waals surface area contributed by atoms with Crippen LogP contribution in [0.3, 0.4) is 0 Å². The molecule has 0 radical (unpaired) electrons. The minimum Gasteiger partial charge on any atom is -0.492 e. The van der Waals surface area contributed by atoms with Gasteiger partial charge in [-0.05, 0) is 12.1 Å². The van der Waals surface area contributed by atoms with Gasteiger partial charge in [0.2, 0.25) is 5.79 Å². The molecular weight excluding hydrogens is 438 g/mol. The molecule has 0 spiro atoms. The molecule has 3 N–H and O–H groups in total. The van der Waals surface area contributed by atoms with E-state index < -0.39 is 17.7 Å². The Hall–Kier alpha value is -3.72. The van der Waals surface area contributed by atoms with Gasteiger partial charge in [-0.15, -0.1) is 0 Å².